The first-order chi connectivity index (χ1) is 13.3. The molecule has 1 atom stereocenters. The molecule has 2 rings (SSSR count). The maximum absolute atomic E-state index is 12.2. The third-order valence-electron chi connectivity index (χ3n) is 3.82. The fourth-order valence-electron chi connectivity index (χ4n) is 2.69. The zero-order chi connectivity index (χ0) is 22.2. The zero-order valence-corrected chi connectivity index (χ0v) is 17.7. The van der Waals surface area contributed by atoms with Crippen molar-refractivity contribution in [3.63, 3.8) is 0 Å². The Labute approximate surface area is 171 Å². The first-order valence-corrected chi connectivity index (χ1v) is 10.6. The van der Waals surface area contributed by atoms with Crippen molar-refractivity contribution < 1.29 is 22.7 Å². The van der Waals surface area contributed by atoms with Gasteiger partial charge in [-0.3, -0.25) is 0 Å². The molecule has 0 saturated carbocycles. The van der Waals surface area contributed by atoms with E-state index in [0.29, 0.717) is 36.7 Å². The van der Waals surface area contributed by atoms with Crippen molar-refractivity contribution in [3.8, 4) is 11.8 Å². The van der Waals surface area contributed by atoms with Gasteiger partial charge in [0, 0.05) is 19.0 Å². The van der Waals surface area contributed by atoms with Gasteiger partial charge in [-0.1, -0.05) is 6.07 Å². The lowest BCUT2D eigenvalue weighted by Crippen LogP contribution is -2.44. The Morgan fingerprint density at radius 3 is 2.52 bits per heavy atom. The number of anilines is 1. The van der Waals surface area contributed by atoms with E-state index in [9.17, 15) is 18.5 Å². The van der Waals surface area contributed by atoms with E-state index >= 15 is 0 Å². The maximum atomic E-state index is 12.2. The standard InChI is InChI=1S/C18H25N3O3.H4N2O2S/c1-18(2,3)24-17(22)21-9-5-6-13(11-21)12-23-16-8-4-7-15(20)14(16)10-19;1-5(2,3)4/h4,7-8,13H,5-6,9,11-12,20H2,1-3H3;(H4,1,2,3,4). The second-order valence-corrected chi connectivity index (χ2v) is 8.84. The Morgan fingerprint density at radius 2 is 1.97 bits per heavy atom. The number of hydrogen-bond donors (Lipinski definition) is 3. The van der Waals surface area contributed by atoms with Crippen LogP contribution >= 0.6 is 0 Å². The fraction of sp³-hybridized carbons (Fsp3) is 0.556. The first-order valence-electron chi connectivity index (χ1n) is 9.00. The smallest absolute Gasteiger partial charge is 0.410 e. The van der Waals surface area contributed by atoms with E-state index in [2.05, 4.69) is 16.3 Å². The number of nitrogen functional groups attached to an aromatic ring is 1. The molecule has 1 unspecified atom stereocenters. The topological polar surface area (TPSA) is 175 Å². The van der Waals surface area contributed by atoms with Crippen molar-refractivity contribution >= 4 is 22.0 Å². The van der Waals surface area contributed by atoms with Gasteiger partial charge in [-0.15, -0.1) is 0 Å². The van der Waals surface area contributed by atoms with Gasteiger partial charge in [0.2, 0.25) is 0 Å². The van der Waals surface area contributed by atoms with Crippen molar-refractivity contribution in [2.45, 2.75) is 39.2 Å². The molecule has 1 amide bonds. The summed E-state index contributed by atoms with van der Waals surface area (Å²) in [5.74, 6) is 0.700. The molecule has 6 N–H and O–H groups in total. The molecule has 162 valence electrons. The predicted molar refractivity (Wildman–Crippen MR) is 109 cm³/mol. The Balaban J connectivity index is 0.000000749. The normalized spacial score (nSPS) is 16.8. The number of ether oxygens (including phenoxy) is 2. The number of piperidine rings is 1. The predicted octanol–water partition coefficient (Wildman–Crippen LogP) is 1.31. The van der Waals surface area contributed by atoms with Gasteiger partial charge >= 0.3 is 6.09 Å². The van der Waals surface area contributed by atoms with Crippen molar-refractivity contribution in [1.29, 1.82) is 5.26 Å². The Hall–Kier alpha value is -2.55. The Kier molecular flexibility index (Phi) is 8.69. The highest BCUT2D eigenvalue weighted by molar-refractivity contribution is 7.86. The lowest BCUT2D eigenvalue weighted by atomic mass is 9.99. The molecular formula is C18H29N5O5S. The molecule has 29 heavy (non-hydrogen) atoms. The summed E-state index contributed by atoms with van der Waals surface area (Å²) in [6, 6.07) is 7.25. The third-order valence-corrected chi connectivity index (χ3v) is 3.82. The summed E-state index contributed by atoms with van der Waals surface area (Å²) in [7, 11) is -3.67. The second-order valence-electron chi connectivity index (χ2n) is 7.67. The van der Waals surface area contributed by atoms with E-state index in [-0.39, 0.29) is 12.0 Å². The molecule has 0 radical (unpaired) electrons. The van der Waals surface area contributed by atoms with Gasteiger partial charge in [0.15, 0.2) is 0 Å². The molecule has 1 heterocycles. The molecule has 1 aromatic rings. The van der Waals surface area contributed by atoms with E-state index in [1.807, 2.05) is 20.8 Å². The van der Waals surface area contributed by atoms with Crippen molar-refractivity contribution in [1.82, 2.24) is 4.90 Å². The molecule has 0 spiro atoms. The van der Waals surface area contributed by atoms with Crippen molar-refractivity contribution in [2.24, 2.45) is 16.2 Å². The minimum absolute atomic E-state index is 0.208. The zero-order valence-electron chi connectivity index (χ0n) is 16.9. The maximum Gasteiger partial charge on any atom is 0.410 e. The van der Waals surface area contributed by atoms with Crippen LogP contribution in [0.25, 0.3) is 0 Å². The van der Waals surface area contributed by atoms with Gasteiger partial charge in [-0.2, -0.15) is 13.7 Å². The quantitative estimate of drug-likeness (QED) is 0.609. The Bertz CT molecular complexity index is 837. The van der Waals surface area contributed by atoms with Gasteiger partial charge in [-0.05, 0) is 45.7 Å². The van der Waals surface area contributed by atoms with Crippen LogP contribution in [0.3, 0.4) is 0 Å². The van der Waals surface area contributed by atoms with E-state index in [4.69, 9.17) is 15.2 Å². The van der Waals surface area contributed by atoms with Crippen LogP contribution in [0.5, 0.6) is 5.75 Å². The number of nitriles is 1. The molecule has 0 bridgehead atoms. The first kappa shape index (κ1) is 24.5. The molecule has 1 aliphatic heterocycles. The molecule has 1 aromatic carbocycles. The van der Waals surface area contributed by atoms with Crippen LogP contribution in [0.1, 0.15) is 39.2 Å². The van der Waals surface area contributed by atoms with Crippen LogP contribution in [-0.2, 0) is 14.9 Å². The molecule has 1 saturated heterocycles. The molecule has 10 nitrogen and oxygen atoms in total. The van der Waals surface area contributed by atoms with E-state index < -0.39 is 15.8 Å². The molecule has 0 aliphatic carbocycles. The van der Waals surface area contributed by atoms with Gasteiger partial charge in [0.05, 0.1) is 12.3 Å². The highest BCUT2D eigenvalue weighted by Crippen LogP contribution is 2.25. The number of amides is 1. The molecule has 1 fully saturated rings. The van der Waals surface area contributed by atoms with Crippen LogP contribution in [0.4, 0.5) is 10.5 Å². The number of carbonyl (C=O) groups excluding carboxylic acids is 1. The summed E-state index contributed by atoms with van der Waals surface area (Å²) < 4.78 is 29.6. The Morgan fingerprint density at radius 1 is 1.34 bits per heavy atom. The fourth-order valence-corrected chi connectivity index (χ4v) is 2.69. The lowest BCUT2D eigenvalue weighted by molar-refractivity contribution is 0.0139. The van der Waals surface area contributed by atoms with Crippen LogP contribution in [0.2, 0.25) is 0 Å². The minimum Gasteiger partial charge on any atom is -0.492 e. The van der Waals surface area contributed by atoms with E-state index in [1.54, 1.807) is 23.1 Å². The molecular weight excluding hydrogens is 398 g/mol. The van der Waals surface area contributed by atoms with Crippen molar-refractivity contribution in [3.05, 3.63) is 23.8 Å². The molecule has 1 aliphatic rings. The number of carbonyl (C=O) groups is 1. The van der Waals surface area contributed by atoms with Crippen LogP contribution in [0, 0.1) is 17.2 Å². The summed E-state index contributed by atoms with van der Waals surface area (Å²) in [6.07, 6.45) is 1.60. The number of rotatable bonds is 3. The second kappa shape index (κ2) is 10.3. The number of nitrogens with two attached hydrogens (primary N) is 3. The summed E-state index contributed by atoms with van der Waals surface area (Å²) in [4.78, 5) is 13.9. The van der Waals surface area contributed by atoms with Gasteiger partial charge < -0.3 is 20.1 Å². The van der Waals surface area contributed by atoms with Gasteiger partial charge in [-0.25, -0.2) is 15.1 Å². The lowest BCUT2D eigenvalue weighted by Gasteiger charge is -2.34. The van der Waals surface area contributed by atoms with Gasteiger partial charge in [0.25, 0.3) is 10.2 Å². The summed E-state index contributed by atoms with van der Waals surface area (Å²) >= 11 is 0. The summed E-state index contributed by atoms with van der Waals surface area (Å²) in [5.41, 5.74) is 6.06. The van der Waals surface area contributed by atoms with Crippen LogP contribution in [-0.4, -0.2) is 44.7 Å². The van der Waals surface area contributed by atoms with E-state index in [0.717, 1.165) is 12.8 Å². The monoisotopic (exact) mass is 427 g/mol. The molecule has 11 heteroatoms. The van der Waals surface area contributed by atoms with E-state index in [1.165, 1.54) is 0 Å². The van der Waals surface area contributed by atoms with Gasteiger partial charge in [0.1, 0.15) is 23.0 Å². The number of nitrogens with zero attached hydrogens (tertiary/aromatic N) is 2. The number of likely N-dealkylation sites (tertiary alicyclic amines) is 1. The summed E-state index contributed by atoms with van der Waals surface area (Å²) in [6.45, 7) is 7.32. The van der Waals surface area contributed by atoms with Crippen LogP contribution in [0.15, 0.2) is 18.2 Å². The minimum atomic E-state index is -3.67. The third kappa shape index (κ3) is 9.98. The average Bonchev–Trinajstić information content (AvgIpc) is 2.57. The number of benzene rings is 1. The summed E-state index contributed by atoms with van der Waals surface area (Å²) in [5, 5.41) is 17.4. The number of hydrogen-bond acceptors (Lipinski definition) is 7. The largest absolute Gasteiger partial charge is 0.492 e. The van der Waals surface area contributed by atoms with Crippen LogP contribution < -0.4 is 20.7 Å². The van der Waals surface area contributed by atoms with Crippen molar-refractivity contribution in [2.75, 3.05) is 25.4 Å². The highest BCUT2D eigenvalue weighted by Gasteiger charge is 2.28. The molecule has 0 aromatic heterocycles. The SMILES string of the molecule is CC(C)(C)OC(=O)N1CCCC(COc2cccc(N)c2C#N)C1.NS(N)(=O)=O. The average molecular weight is 428 g/mol. The highest BCUT2D eigenvalue weighted by atomic mass is 32.2.